The molecular formula is C48H62Na2O24P4. The zero-order chi connectivity index (χ0) is 56.5. The number of phosphoric ester groups is 2. The van der Waals surface area contributed by atoms with E-state index in [2.05, 4.69) is 18.5 Å². The average molecular weight is 1190 g/mol. The van der Waals surface area contributed by atoms with Gasteiger partial charge in [-0.25, -0.2) is 23.7 Å². The van der Waals surface area contributed by atoms with E-state index in [9.17, 15) is 48.3 Å². The van der Waals surface area contributed by atoms with Crippen LogP contribution in [0.5, 0.6) is 0 Å². The number of esters is 2. The largest absolute Gasteiger partial charge is 1.00 e. The summed E-state index contributed by atoms with van der Waals surface area (Å²) >= 11 is 0. The third-order valence-corrected chi connectivity index (χ3v) is 16.1. The van der Waals surface area contributed by atoms with Crippen molar-refractivity contribution >= 4 is 54.7 Å². The fraction of sp³-hybridized carbons (Fsp3) is 0.417. The smallest absolute Gasteiger partial charge is 0.790 e. The van der Waals surface area contributed by atoms with Crippen molar-refractivity contribution in [1.29, 1.82) is 0 Å². The van der Waals surface area contributed by atoms with E-state index in [-0.39, 0.29) is 85.2 Å². The van der Waals surface area contributed by atoms with Gasteiger partial charge < -0.3 is 75.9 Å². The quantitative estimate of drug-likeness (QED) is 0.0221. The molecule has 0 fully saturated rings. The number of carboxylic acids is 2. The first-order chi connectivity index (χ1) is 36.0. The molecule has 0 saturated heterocycles. The van der Waals surface area contributed by atoms with Gasteiger partial charge in [0.1, 0.15) is 0 Å². The number of benzene rings is 4. The molecule has 0 aliphatic heterocycles. The Balaban J connectivity index is 0.00000107. The summed E-state index contributed by atoms with van der Waals surface area (Å²) in [5.41, 5.74) is 1.80. The van der Waals surface area contributed by atoms with Crippen LogP contribution in [0.15, 0.2) is 121 Å². The van der Waals surface area contributed by atoms with E-state index in [0.717, 1.165) is 0 Å². The maximum atomic E-state index is 15.9. The van der Waals surface area contributed by atoms with Crippen molar-refractivity contribution in [2.45, 2.75) is 103 Å². The molecule has 4 aromatic carbocycles. The molecule has 420 valence electrons. The van der Waals surface area contributed by atoms with E-state index in [1.165, 1.54) is 13.8 Å². The van der Waals surface area contributed by atoms with Crippen LogP contribution >= 0.6 is 30.8 Å². The Morgan fingerprint density at radius 2 is 0.756 bits per heavy atom. The SMILES string of the molecule is CCCCO[C@@](C(=O)O)([C@@](OCCCC)(C(=O)O)P(=O)(OCc1ccccc1)OCc1ccccc1)P(=O)(OCc1ccccc1)OCc1ccccc1.CCOC(=O)[C@H](OP(=O)([O-])[O-])[C@@H](OP(=O)(O)O)C(=O)OCC.[Na+].[Na+]. The van der Waals surface area contributed by atoms with Crippen LogP contribution in [-0.4, -0.2) is 93.2 Å². The number of carboxylic acid groups (broad SMARTS) is 2. The van der Waals surface area contributed by atoms with Crippen LogP contribution in [0.4, 0.5) is 0 Å². The Labute approximate surface area is 496 Å². The molecule has 24 nitrogen and oxygen atoms in total. The topological polar surface area (TPSA) is 356 Å². The van der Waals surface area contributed by atoms with Gasteiger partial charge in [-0.1, -0.05) is 148 Å². The van der Waals surface area contributed by atoms with Crippen molar-refractivity contribution in [3.63, 3.8) is 0 Å². The summed E-state index contributed by atoms with van der Waals surface area (Å²) in [6.45, 7) is 2.64. The normalized spacial score (nSPS) is 14.1. The van der Waals surface area contributed by atoms with Crippen molar-refractivity contribution in [2.24, 2.45) is 0 Å². The van der Waals surface area contributed by atoms with Crippen LogP contribution in [-0.2, 0) is 110 Å². The fourth-order valence-electron chi connectivity index (χ4n) is 6.65. The van der Waals surface area contributed by atoms with Gasteiger partial charge in [0.05, 0.1) is 47.5 Å². The van der Waals surface area contributed by atoms with E-state index >= 15 is 9.13 Å². The molecule has 0 aliphatic carbocycles. The van der Waals surface area contributed by atoms with Crippen LogP contribution in [0, 0.1) is 0 Å². The number of phosphoric acid groups is 2. The van der Waals surface area contributed by atoms with Gasteiger partial charge >= 0.3 is 117 Å². The first-order valence-electron chi connectivity index (χ1n) is 23.4. The second-order valence-corrected chi connectivity index (χ2v) is 22.4. The molecule has 4 atom stereocenters. The molecule has 0 spiro atoms. The van der Waals surface area contributed by atoms with E-state index < -0.39 is 117 Å². The van der Waals surface area contributed by atoms with Gasteiger partial charge in [0, 0.05) is 13.2 Å². The van der Waals surface area contributed by atoms with E-state index in [0.29, 0.717) is 35.1 Å². The molecule has 78 heavy (non-hydrogen) atoms. The second-order valence-electron chi connectivity index (χ2n) is 15.8. The summed E-state index contributed by atoms with van der Waals surface area (Å²) in [6, 6.07) is 33.6. The van der Waals surface area contributed by atoms with Crippen LogP contribution in [0.3, 0.4) is 0 Å². The third-order valence-electron chi connectivity index (χ3n) is 10.2. The first kappa shape index (κ1) is 73.2. The zero-order valence-electron chi connectivity index (χ0n) is 43.9. The second kappa shape index (κ2) is 35.9. The summed E-state index contributed by atoms with van der Waals surface area (Å²) in [4.78, 5) is 90.3. The maximum absolute atomic E-state index is 15.9. The van der Waals surface area contributed by atoms with E-state index in [4.69, 9.17) is 37.4 Å². The Morgan fingerprint density at radius 3 is 0.974 bits per heavy atom. The first-order valence-corrected chi connectivity index (χ1v) is 29.5. The van der Waals surface area contributed by atoms with Crippen LogP contribution in [0.2, 0.25) is 0 Å². The molecule has 4 aromatic rings. The number of carbonyl (C=O) groups is 4. The predicted molar refractivity (Wildman–Crippen MR) is 265 cm³/mol. The average Bonchev–Trinajstić information content (AvgIpc) is 3.39. The summed E-state index contributed by atoms with van der Waals surface area (Å²) < 4.78 is 106. The van der Waals surface area contributed by atoms with Crippen molar-refractivity contribution in [2.75, 3.05) is 26.4 Å². The Kier molecular flexibility index (Phi) is 33.7. The summed E-state index contributed by atoms with van der Waals surface area (Å²) in [7, 11) is -22.3. The van der Waals surface area contributed by atoms with E-state index in [1.54, 1.807) is 135 Å². The molecule has 0 unspecified atom stereocenters. The zero-order valence-corrected chi connectivity index (χ0v) is 51.5. The van der Waals surface area contributed by atoms with E-state index in [1.807, 2.05) is 0 Å². The van der Waals surface area contributed by atoms with Crippen molar-refractivity contribution in [3.8, 4) is 0 Å². The number of hydrogen-bond acceptors (Lipinski definition) is 20. The molecule has 4 N–H and O–H groups in total. The molecule has 0 saturated carbocycles. The van der Waals surface area contributed by atoms with Gasteiger partial charge in [-0.15, -0.1) is 0 Å². The third kappa shape index (κ3) is 21.8. The minimum absolute atomic E-state index is 0. The van der Waals surface area contributed by atoms with Gasteiger partial charge in [-0.3, -0.25) is 13.7 Å². The van der Waals surface area contributed by atoms with Crippen LogP contribution < -0.4 is 68.9 Å². The molecule has 0 heterocycles. The van der Waals surface area contributed by atoms with Gasteiger partial charge in [0.15, 0.2) is 6.10 Å². The number of carbonyl (C=O) groups excluding carboxylic acids is 2. The minimum Gasteiger partial charge on any atom is -0.790 e. The monoisotopic (exact) mass is 1190 g/mol. The number of rotatable bonds is 34. The molecule has 0 amide bonds. The van der Waals surface area contributed by atoms with Gasteiger partial charge in [-0.05, 0) is 48.9 Å². The van der Waals surface area contributed by atoms with Crippen molar-refractivity contribution < 1.29 is 172 Å². The van der Waals surface area contributed by atoms with Crippen molar-refractivity contribution in [1.82, 2.24) is 0 Å². The minimum atomic E-state index is -5.82. The molecule has 0 aromatic heterocycles. The maximum Gasteiger partial charge on any atom is 1.00 e. The fourth-order valence-corrected chi connectivity index (χ4v) is 12.5. The Bertz CT molecular complexity index is 2340. The summed E-state index contributed by atoms with van der Waals surface area (Å²) in [6.07, 6.45) is -3.81. The van der Waals surface area contributed by atoms with Gasteiger partial charge in [0.25, 0.3) is 0 Å². The molecule has 0 bridgehead atoms. The summed E-state index contributed by atoms with van der Waals surface area (Å²) in [5, 5.41) is 15.6. The molecule has 0 radical (unpaired) electrons. The Hall–Kier alpha value is -2.80. The molecule has 4 rings (SSSR count). The van der Waals surface area contributed by atoms with Gasteiger partial charge in [0.2, 0.25) is 6.10 Å². The van der Waals surface area contributed by atoms with Crippen LogP contribution in [0.25, 0.3) is 0 Å². The number of unbranched alkanes of at least 4 members (excludes halogenated alkanes) is 2. The van der Waals surface area contributed by atoms with Gasteiger partial charge in [-0.2, -0.15) is 0 Å². The molecule has 30 heteroatoms. The number of hydrogen-bond donors (Lipinski definition) is 4. The van der Waals surface area contributed by atoms with Crippen LogP contribution in [0.1, 0.15) is 75.6 Å². The van der Waals surface area contributed by atoms with Crippen molar-refractivity contribution in [3.05, 3.63) is 144 Å². The number of aliphatic carboxylic acids is 2. The summed E-state index contributed by atoms with van der Waals surface area (Å²) in [5.74, 6) is -7.35. The molecule has 0 aliphatic rings. The molecular weight excluding hydrogens is 1130 g/mol. The number of ether oxygens (including phenoxy) is 4. The standard InChI is InChI=1S/C40H48O12P2.C8H16O12P2.2Na/c1-3-5-27-47-39(37(41)42,53(45,49-29-33-19-11-7-12-20-33)50-30-34-21-13-8-14-22-34)40(38(43)44,48-28-6-4-2)54(46,51-31-35-23-15-9-16-24-35)52-32-36-25-17-10-18-26-36;1-3-17-7(9)5(19-21(11,12)13)6(8(10)18-4-2)20-22(14,15)16;;/h7-26H,3-6,27-32H2,1-2H3,(H,41,42)(H,43,44);5-6H,3-4H2,1-2H3,(H2,11,12,13)(H2,14,15,16);;/q;;2*+1/p-2/t39-,40-;5-,6-;;/m11../s1. The predicted octanol–water partition coefficient (Wildman–Crippen LogP) is 1.25. The Morgan fingerprint density at radius 1 is 0.487 bits per heavy atom.